The average Bonchev–Trinajstić information content (AvgIpc) is 2.66. The van der Waals surface area contributed by atoms with E-state index < -0.39 is 0 Å². The van der Waals surface area contributed by atoms with E-state index in [1.165, 1.54) is 0 Å². The third-order valence-corrected chi connectivity index (χ3v) is 4.01. The summed E-state index contributed by atoms with van der Waals surface area (Å²) in [6.07, 6.45) is 4.64. The van der Waals surface area contributed by atoms with Crippen LogP contribution in [-0.4, -0.2) is 26.3 Å². The molecule has 0 aromatic carbocycles. The second-order valence-corrected chi connectivity index (χ2v) is 5.26. The molecule has 0 fully saturated rings. The summed E-state index contributed by atoms with van der Waals surface area (Å²) in [5.41, 5.74) is 3.00. The van der Waals surface area contributed by atoms with E-state index in [4.69, 9.17) is 0 Å². The molecule has 0 amide bonds. The van der Waals surface area contributed by atoms with E-state index in [1.54, 1.807) is 12.4 Å². The highest BCUT2D eigenvalue weighted by molar-refractivity contribution is 9.10. The largest absolute Gasteiger partial charge is 0.369 e. The average molecular weight is 324 g/mol. The zero-order valence-electron chi connectivity index (χ0n) is 11.4. The molecule has 0 bridgehead atoms. The Morgan fingerprint density at radius 1 is 1.26 bits per heavy atom. The third-order valence-electron chi connectivity index (χ3n) is 2.87. The number of hydrogen-bond acceptors (Lipinski definition) is 4. The van der Waals surface area contributed by atoms with E-state index in [0.29, 0.717) is 6.54 Å². The van der Waals surface area contributed by atoms with Crippen molar-refractivity contribution in [3.05, 3.63) is 33.9 Å². The second kappa shape index (κ2) is 6.14. The molecule has 0 saturated heterocycles. The zero-order chi connectivity index (χ0) is 13.8. The van der Waals surface area contributed by atoms with Gasteiger partial charge in [0.15, 0.2) is 0 Å². The molecule has 0 unspecified atom stereocenters. The van der Waals surface area contributed by atoms with Crippen LogP contribution in [0.1, 0.15) is 30.4 Å². The quantitative estimate of drug-likeness (QED) is 0.919. The summed E-state index contributed by atoms with van der Waals surface area (Å²) in [4.78, 5) is 8.75. The van der Waals surface area contributed by atoms with Gasteiger partial charge in [0.2, 0.25) is 0 Å². The lowest BCUT2D eigenvalue weighted by molar-refractivity contribution is 0.644. The Hall–Kier alpha value is -1.43. The van der Waals surface area contributed by atoms with Gasteiger partial charge in [0.1, 0.15) is 5.82 Å². The number of nitrogens with zero attached hydrogens (tertiary/aromatic N) is 4. The monoisotopic (exact) mass is 323 g/mol. The molecular weight excluding hydrogens is 306 g/mol. The number of nitrogens with one attached hydrogen (secondary N) is 1. The third kappa shape index (κ3) is 3.32. The van der Waals surface area contributed by atoms with Crippen LogP contribution >= 0.6 is 15.9 Å². The SMILES string of the molecule is CCCNc1cnc(Cn2nc(C)c(Br)c2C)cn1. The fourth-order valence-electron chi connectivity index (χ4n) is 1.76. The van der Waals surface area contributed by atoms with Gasteiger partial charge in [-0.25, -0.2) is 4.98 Å². The Balaban J connectivity index is 2.08. The molecule has 2 aromatic rings. The highest BCUT2D eigenvalue weighted by Crippen LogP contribution is 2.20. The maximum Gasteiger partial charge on any atom is 0.144 e. The van der Waals surface area contributed by atoms with Crippen LogP contribution in [0.3, 0.4) is 0 Å². The van der Waals surface area contributed by atoms with Crippen molar-refractivity contribution in [2.75, 3.05) is 11.9 Å². The fourth-order valence-corrected chi connectivity index (χ4v) is 2.05. The molecule has 0 radical (unpaired) electrons. The molecule has 0 atom stereocenters. The van der Waals surface area contributed by atoms with E-state index in [0.717, 1.165) is 40.3 Å². The maximum absolute atomic E-state index is 4.46. The lowest BCUT2D eigenvalue weighted by Gasteiger charge is -2.06. The number of aromatic nitrogens is 4. The van der Waals surface area contributed by atoms with Gasteiger partial charge in [0, 0.05) is 6.54 Å². The van der Waals surface area contributed by atoms with Crippen LogP contribution in [0, 0.1) is 13.8 Å². The molecule has 2 rings (SSSR count). The van der Waals surface area contributed by atoms with Crippen LogP contribution in [0.15, 0.2) is 16.9 Å². The van der Waals surface area contributed by atoms with Gasteiger partial charge in [-0.15, -0.1) is 0 Å². The van der Waals surface area contributed by atoms with Gasteiger partial charge < -0.3 is 5.32 Å². The Morgan fingerprint density at radius 3 is 2.58 bits per heavy atom. The first-order chi connectivity index (χ1) is 9.11. The highest BCUT2D eigenvalue weighted by atomic mass is 79.9. The van der Waals surface area contributed by atoms with Crippen LogP contribution < -0.4 is 5.32 Å². The smallest absolute Gasteiger partial charge is 0.144 e. The minimum atomic E-state index is 0.638. The molecule has 6 heteroatoms. The summed E-state index contributed by atoms with van der Waals surface area (Å²) >= 11 is 3.52. The standard InChI is InChI=1S/C13H18BrN5/c1-4-5-15-12-7-16-11(6-17-12)8-19-10(3)13(14)9(2)18-19/h6-7H,4-5,8H2,1-3H3,(H,15,17). The van der Waals surface area contributed by atoms with Crippen molar-refractivity contribution in [2.24, 2.45) is 0 Å². The van der Waals surface area contributed by atoms with Crippen LogP contribution in [0.2, 0.25) is 0 Å². The summed E-state index contributed by atoms with van der Waals surface area (Å²) in [7, 11) is 0. The normalized spacial score (nSPS) is 10.7. The number of rotatable bonds is 5. The first kappa shape index (κ1) is 14.0. The molecule has 0 aliphatic carbocycles. The van der Waals surface area contributed by atoms with Crippen molar-refractivity contribution in [1.82, 2.24) is 19.7 Å². The second-order valence-electron chi connectivity index (χ2n) is 4.46. The van der Waals surface area contributed by atoms with E-state index in [-0.39, 0.29) is 0 Å². The Bertz CT molecular complexity index is 547. The van der Waals surface area contributed by atoms with Crippen molar-refractivity contribution < 1.29 is 0 Å². The zero-order valence-corrected chi connectivity index (χ0v) is 13.0. The predicted molar refractivity (Wildman–Crippen MR) is 79.3 cm³/mol. The topological polar surface area (TPSA) is 55.6 Å². The maximum atomic E-state index is 4.46. The summed E-state index contributed by atoms with van der Waals surface area (Å²) in [6.45, 7) is 7.69. The lowest BCUT2D eigenvalue weighted by atomic mass is 10.4. The van der Waals surface area contributed by atoms with Gasteiger partial charge >= 0.3 is 0 Å². The molecule has 0 spiro atoms. The number of halogens is 1. The van der Waals surface area contributed by atoms with Gasteiger partial charge in [-0.05, 0) is 36.2 Å². The molecule has 2 aromatic heterocycles. The number of aryl methyl sites for hydroxylation is 1. The molecule has 19 heavy (non-hydrogen) atoms. The van der Waals surface area contributed by atoms with Gasteiger partial charge in [-0.3, -0.25) is 9.67 Å². The first-order valence-corrected chi connectivity index (χ1v) is 7.15. The van der Waals surface area contributed by atoms with E-state index in [1.807, 2.05) is 18.5 Å². The van der Waals surface area contributed by atoms with Crippen LogP contribution in [0.25, 0.3) is 0 Å². The van der Waals surface area contributed by atoms with Crippen molar-refractivity contribution in [2.45, 2.75) is 33.7 Å². The molecule has 1 N–H and O–H groups in total. The van der Waals surface area contributed by atoms with Crippen LogP contribution in [0.4, 0.5) is 5.82 Å². The molecule has 0 aliphatic heterocycles. The number of hydrogen-bond donors (Lipinski definition) is 1. The molecular formula is C13H18BrN5. The first-order valence-electron chi connectivity index (χ1n) is 6.36. The Labute approximate surface area is 121 Å². The minimum absolute atomic E-state index is 0.638. The van der Waals surface area contributed by atoms with Crippen LogP contribution in [0.5, 0.6) is 0 Å². The molecule has 0 aliphatic rings. The summed E-state index contributed by atoms with van der Waals surface area (Å²) in [5, 5.41) is 7.67. The van der Waals surface area contributed by atoms with Gasteiger partial charge in [0.05, 0.1) is 40.5 Å². The van der Waals surface area contributed by atoms with Crippen molar-refractivity contribution in [3.63, 3.8) is 0 Å². The van der Waals surface area contributed by atoms with Crippen molar-refractivity contribution >= 4 is 21.7 Å². The van der Waals surface area contributed by atoms with Crippen molar-refractivity contribution in [3.8, 4) is 0 Å². The lowest BCUT2D eigenvalue weighted by Crippen LogP contribution is -2.08. The van der Waals surface area contributed by atoms with E-state index in [9.17, 15) is 0 Å². The van der Waals surface area contributed by atoms with Gasteiger partial charge in [0.25, 0.3) is 0 Å². The highest BCUT2D eigenvalue weighted by Gasteiger charge is 2.09. The molecule has 102 valence electrons. The van der Waals surface area contributed by atoms with E-state index >= 15 is 0 Å². The van der Waals surface area contributed by atoms with Gasteiger partial charge in [-0.2, -0.15) is 5.10 Å². The predicted octanol–water partition coefficient (Wildman–Crippen LogP) is 2.92. The Kier molecular flexibility index (Phi) is 4.52. The summed E-state index contributed by atoms with van der Waals surface area (Å²) in [6, 6.07) is 0. The van der Waals surface area contributed by atoms with E-state index in [2.05, 4.69) is 43.2 Å². The molecule has 0 saturated carbocycles. The van der Waals surface area contributed by atoms with Crippen molar-refractivity contribution in [1.29, 1.82) is 0 Å². The minimum Gasteiger partial charge on any atom is -0.369 e. The van der Waals surface area contributed by atoms with Crippen LogP contribution in [-0.2, 0) is 6.54 Å². The summed E-state index contributed by atoms with van der Waals surface area (Å²) < 4.78 is 2.99. The summed E-state index contributed by atoms with van der Waals surface area (Å²) in [5.74, 6) is 0.820. The Morgan fingerprint density at radius 2 is 2.05 bits per heavy atom. The number of anilines is 1. The molecule has 5 nitrogen and oxygen atoms in total. The fraction of sp³-hybridized carbons (Fsp3) is 0.462. The van der Waals surface area contributed by atoms with Gasteiger partial charge in [-0.1, -0.05) is 6.92 Å². The molecule has 2 heterocycles.